The summed E-state index contributed by atoms with van der Waals surface area (Å²) < 4.78 is 13.6. The topological polar surface area (TPSA) is 53.0 Å². The third-order valence-corrected chi connectivity index (χ3v) is 16.8. The van der Waals surface area contributed by atoms with Crippen molar-refractivity contribution in [1.82, 2.24) is 9.97 Å². The van der Waals surface area contributed by atoms with Crippen LogP contribution in [0.1, 0.15) is 27.7 Å². The molecule has 82 heavy (non-hydrogen) atoms. The molecule has 1 saturated heterocycles. The Balaban J connectivity index is 0.000000134. The first-order chi connectivity index (χ1) is 40.0. The number of halogens is 1. The lowest BCUT2D eigenvalue weighted by atomic mass is 9.78. The highest BCUT2D eigenvalue weighted by atomic mass is 79.9. The number of fused-ring (bicyclic) bond motifs is 16. The normalized spacial score (nSPS) is 13.5. The Morgan fingerprint density at radius 2 is 0.622 bits per heavy atom. The van der Waals surface area contributed by atoms with Crippen molar-refractivity contribution in [3.63, 3.8) is 0 Å². The summed E-state index contributed by atoms with van der Waals surface area (Å²) in [7, 11) is -0.379. The molecular weight excluding hydrogens is 1070 g/mol. The van der Waals surface area contributed by atoms with Crippen LogP contribution < -0.4 is 5.46 Å². The van der Waals surface area contributed by atoms with Gasteiger partial charge in [-0.1, -0.05) is 259 Å². The van der Waals surface area contributed by atoms with Crippen molar-refractivity contribution in [2.45, 2.75) is 38.9 Å². The van der Waals surface area contributed by atoms with Gasteiger partial charge in [0.25, 0.3) is 0 Å². The standard InChI is InChI=1S/C34H20N2.C33H28BNO2.C7H4BrN/c1-35-25-20-18-23(19-21-25)22-14-16-24(17-15-22)33-31-13-7-5-11-29(31)32-28-10-4-2-8-26(28)27-9-3-6-12-30(27)34(32)36-33;1-32(2)33(3,4)37-34(36-32)22-19-17-21(18-20-22)30-28-16-10-8-14-26(28)29-25-13-7-5-11-23(25)24-12-6-9-15-27(24)31(29)35-30;1-9-7-4-2-6(8)3-5-7/h2-21H;5-20H,1-4H3;2-5H. The molecule has 390 valence electrons. The number of benzene rings is 12. The van der Waals surface area contributed by atoms with Gasteiger partial charge in [0.2, 0.25) is 0 Å². The molecule has 1 aliphatic heterocycles. The van der Waals surface area contributed by atoms with Crippen molar-refractivity contribution < 1.29 is 9.31 Å². The van der Waals surface area contributed by atoms with E-state index in [4.69, 9.17) is 32.4 Å². The number of nitrogens with zero attached hydrogens (tertiary/aromatic N) is 4. The van der Waals surface area contributed by atoms with Gasteiger partial charge in [0.05, 0.1) is 46.8 Å². The highest BCUT2D eigenvalue weighted by molar-refractivity contribution is 9.10. The van der Waals surface area contributed by atoms with Crippen LogP contribution in [0.15, 0.2) is 247 Å². The van der Waals surface area contributed by atoms with Crippen LogP contribution in [0.5, 0.6) is 0 Å². The number of rotatable bonds is 4. The summed E-state index contributed by atoms with van der Waals surface area (Å²) >= 11 is 3.27. The number of hydrogen-bond donors (Lipinski definition) is 0. The zero-order valence-electron chi connectivity index (χ0n) is 45.7. The fourth-order valence-electron chi connectivity index (χ4n) is 11.5. The monoisotopic (exact) mass is 1120 g/mol. The second-order valence-corrected chi connectivity index (χ2v) is 22.6. The molecule has 0 spiro atoms. The molecule has 12 aromatic carbocycles. The smallest absolute Gasteiger partial charge is 0.399 e. The SMILES string of the molecule is CC1(C)OB(c2ccc(-c3nc4c5ccccc5c5ccccc5c4c4ccccc34)cc2)OC1(C)C.[C-]#[N+]c1ccc(-c2ccc(-c3nc4c5ccccc5c5ccccc5c4c4ccccc34)cc2)cc1.[C-]#[N+]c1ccc(Br)cc1. The average molecular weight is 1120 g/mol. The molecule has 0 saturated carbocycles. The minimum Gasteiger partial charge on any atom is -0.399 e. The first-order valence-electron chi connectivity index (χ1n) is 27.4. The molecule has 0 aliphatic carbocycles. The van der Waals surface area contributed by atoms with E-state index in [1.54, 1.807) is 12.1 Å². The minimum atomic E-state index is -0.379. The van der Waals surface area contributed by atoms with Crippen LogP contribution in [-0.4, -0.2) is 28.3 Å². The predicted octanol–water partition coefficient (Wildman–Crippen LogP) is 20.2. The number of pyridine rings is 2. The molecule has 0 atom stereocenters. The molecule has 14 aromatic rings. The van der Waals surface area contributed by atoms with Crippen molar-refractivity contribution in [1.29, 1.82) is 0 Å². The largest absolute Gasteiger partial charge is 0.494 e. The molecule has 0 radical (unpaired) electrons. The van der Waals surface area contributed by atoms with Crippen LogP contribution in [0.25, 0.3) is 130 Å². The maximum Gasteiger partial charge on any atom is 0.494 e. The Bertz CT molecular complexity index is 4880. The fraction of sp³-hybridized carbons (Fsp3) is 0.0811. The van der Waals surface area contributed by atoms with E-state index in [9.17, 15) is 0 Å². The Hall–Kier alpha value is -9.54. The van der Waals surface area contributed by atoms with Crippen LogP contribution in [-0.2, 0) is 9.31 Å². The third kappa shape index (κ3) is 9.28. The minimum absolute atomic E-state index is 0.365. The summed E-state index contributed by atoms with van der Waals surface area (Å²) in [4.78, 5) is 17.4. The molecular formula is C74H52BBrN4O2. The van der Waals surface area contributed by atoms with Gasteiger partial charge in [0, 0.05) is 47.9 Å². The van der Waals surface area contributed by atoms with Crippen molar-refractivity contribution >= 4 is 126 Å². The second kappa shape index (κ2) is 21.2. The average Bonchev–Trinajstić information content (AvgIpc) is 1.53. The highest BCUT2D eigenvalue weighted by Crippen LogP contribution is 2.44. The van der Waals surface area contributed by atoms with E-state index in [1.165, 1.54) is 64.6 Å². The molecule has 6 nitrogen and oxygen atoms in total. The Kier molecular flexibility index (Phi) is 13.4. The van der Waals surface area contributed by atoms with Crippen LogP contribution in [0, 0.1) is 13.1 Å². The Morgan fingerprint density at radius 1 is 0.341 bits per heavy atom. The van der Waals surface area contributed by atoms with E-state index in [-0.39, 0.29) is 18.3 Å². The summed E-state index contributed by atoms with van der Waals surface area (Å²) in [6.45, 7) is 22.1. The van der Waals surface area contributed by atoms with E-state index in [0.717, 1.165) is 65.4 Å². The lowest BCUT2D eigenvalue weighted by Crippen LogP contribution is -2.41. The molecule has 2 aromatic heterocycles. The Labute approximate surface area is 485 Å². The zero-order chi connectivity index (χ0) is 56.1. The van der Waals surface area contributed by atoms with Gasteiger partial charge < -0.3 is 9.31 Å². The van der Waals surface area contributed by atoms with E-state index < -0.39 is 0 Å². The second-order valence-electron chi connectivity index (χ2n) is 21.7. The van der Waals surface area contributed by atoms with Gasteiger partial charge in [-0.2, -0.15) is 0 Å². The van der Waals surface area contributed by atoms with Crippen LogP contribution in [0.4, 0.5) is 11.4 Å². The number of hydrogen-bond acceptors (Lipinski definition) is 4. The van der Waals surface area contributed by atoms with Crippen LogP contribution >= 0.6 is 15.9 Å². The molecule has 0 N–H and O–H groups in total. The first kappa shape index (κ1) is 51.9. The summed E-state index contributed by atoms with van der Waals surface area (Å²) in [5.74, 6) is 0. The van der Waals surface area contributed by atoms with Gasteiger partial charge in [-0.3, -0.25) is 0 Å². The quantitative estimate of drug-likeness (QED) is 0.100. The molecule has 0 amide bonds. The first-order valence-corrected chi connectivity index (χ1v) is 28.2. The van der Waals surface area contributed by atoms with Crippen molar-refractivity contribution in [3.8, 4) is 33.6 Å². The molecule has 0 unspecified atom stereocenters. The summed E-state index contributed by atoms with van der Waals surface area (Å²) in [5, 5.41) is 17.0. The van der Waals surface area contributed by atoms with Gasteiger partial charge in [-0.15, -0.1) is 0 Å². The van der Waals surface area contributed by atoms with Crippen LogP contribution in [0.3, 0.4) is 0 Å². The van der Waals surface area contributed by atoms with Gasteiger partial charge in [0.1, 0.15) is 0 Å². The molecule has 1 fully saturated rings. The predicted molar refractivity (Wildman–Crippen MR) is 347 cm³/mol. The molecule has 1 aliphatic rings. The van der Waals surface area contributed by atoms with E-state index in [2.05, 4.69) is 247 Å². The van der Waals surface area contributed by atoms with Gasteiger partial charge in [-0.25, -0.2) is 19.7 Å². The van der Waals surface area contributed by atoms with Crippen molar-refractivity contribution in [2.75, 3.05) is 0 Å². The van der Waals surface area contributed by atoms with E-state index >= 15 is 0 Å². The molecule has 0 bridgehead atoms. The number of aromatic nitrogens is 2. The van der Waals surface area contributed by atoms with Gasteiger partial charge in [0.15, 0.2) is 11.4 Å². The summed E-state index contributed by atoms with van der Waals surface area (Å²) in [6, 6.07) is 83.8. The van der Waals surface area contributed by atoms with Crippen LogP contribution in [0.2, 0.25) is 0 Å². The zero-order valence-corrected chi connectivity index (χ0v) is 47.2. The summed E-state index contributed by atoms with van der Waals surface area (Å²) in [6.07, 6.45) is 0. The van der Waals surface area contributed by atoms with E-state index in [0.29, 0.717) is 11.4 Å². The maximum atomic E-state index is 7.18. The van der Waals surface area contributed by atoms with Crippen molar-refractivity contribution in [2.24, 2.45) is 0 Å². The molecule has 15 rings (SSSR count). The Morgan fingerprint density at radius 3 is 1.00 bits per heavy atom. The molecule has 8 heteroatoms. The van der Waals surface area contributed by atoms with E-state index in [1.807, 2.05) is 36.4 Å². The molecule has 3 heterocycles. The summed E-state index contributed by atoms with van der Waals surface area (Å²) in [5.41, 5.74) is 10.1. The fourth-order valence-corrected chi connectivity index (χ4v) is 11.7. The highest BCUT2D eigenvalue weighted by Gasteiger charge is 2.51. The maximum absolute atomic E-state index is 7.18. The van der Waals surface area contributed by atoms with Gasteiger partial charge in [-0.05, 0) is 87.4 Å². The lowest BCUT2D eigenvalue weighted by Gasteiger charge is -2.32. The van der Waals surface area contributed by atoms with Gasteiger partial charge >= 0.3 is 7.12 Å². The third-order valence-electron chi connectivity index (χ3n) is 16.3. The van der Waals surface area contributed by atoms with Crippen molar-refractivity contribution in [3.05, 3.63) is 270 Å². The lowest BCUT2D eigenvalue weighted by molar-refractivity contribution is 0.00578.